The molecule has 0 aromatic heterocycles. The quantitative estimate of drug-likeness (QED) is 0.784. The molecule has 0 bridgehead atoms. The second-order valence-corrected chi connectivity index (χ2v) is 4.45. The Hall–Kier alpha value is -1.71. The van der Waals surface area contributed by atoms with Crippen molar-refractivity contribution in [3.63, 3.8) is 0 Å². The highest BCUT2D eigenvalue weighted by molar-refractivity contribution is 5.81. The summed E-state index contributed by atoms with van der Waals surface area (Å²) in [6.07, 6.45) is -0.530. The van der Waals surface area contributed by atoms with Gasteiger partial charge in [0, 0.05) is 17.8 Å². The summed E-state index contributed by atoms with van der Waals surface area (Å²) in [7, 11) is 0. The molecule has 0 heterocycles. The van der Waals surface area contributed by atoms with Gasteiger partial charge in [-0.3, -0.25) is 4.79 Å². The van der Waals surface area contributed by atoms with E-state index in [2.05, 4.69) is 5.32 Å². The molecule has 17 heavy (non-hydrogen) atoms. The molecule has 0 fully saturated rings. The average Bonchev–Trinajstić information content (AvgIpc) is 2.22. The molecule has 4 nitrogen and oxygen atoms in total. The summed E-state index contributed by atoms with van der Waals surface area (Å²) >= 11 is 0. The van der Waals surface area contributed by atoms with Crippen LogP contribution in [0.1, 0.15) is 26.3 Å². The van der Waals surface area contributed by atoms with Gasteiger partial charge in [-0.1, -0.05) is 6.07 Å². The van der Waals surface area contributed by atoms with Gasteiger partial charge >= 0.3 is 0 Å². The van der Waals surface area contributed by atoms with Crippen LogP contribution in [0.5, 0.6) is 5.75 Å². The van der Waals surface area contributed by atoms with Crippen LogP contribution in [0.3, 0.4) is 0 Å². The van der Waals surface area contributed by atoms with Crippen LogP contribution in [0.4, 0.5) is 5.69 Å². The molecular weight excluding hydrogens is 216 g/mol. The Kier molecular flexibility index (Phi) is 4.37. The fourth-order valence-corrected chi connectivity index (χ4v) is 1.39. The summed E-state index contributed by atoms with van der Waals surface area (Å²) in [5.74, 6) is 0.526. The number of hydrogen-bond acceptors (Lipinski definition) is 3. The maximum atomic E-state index is 11.7. The maximum absolute atomic E-state index is 11.7. The van der Waals surface area contributed by atoms with Crippen molar-refractivity contribution in [2.24, 2.45) is 0 Å². The summed E-state index contributed by atoms with van der Waals surface area (Å²) in [6.45, 7) is 7.47. The topological polar surface area (TPSA) is 64.3 Å². The highest BCUT2D eigenvalue weighted by atomic mass is 16.5. The zero-order valence-corrected chi connectivity index (χ0v) is 10.8. The number of nitrogens with two attached hydrogens (primary N) is 1. The molecule has 1 unspecified atom stereocenters. The summed E-state index contributed by atoms with van der Waals surface area (Å²) in [4.78, 5) is 11.7. The molecule has 0 aliphatic heterocycles. The fraction of sp³-hybridized carbons (Fsp3) is 0.462. The molecule has 0 aliphatic carbocycles. The standard InChI is InChI=1S/C13H20N2O2/c1-8(2)15-13(16)10(4)17-12-7-11(14)6-5-9(12)3/h5-8,10H,14H2,1-4H3,(H,15,16). The number of aryl methyl sites for hydroxylation is 1. The second kappa shape index (κ2) is 5.57. The van der Waals surface area contributed by atoms with Crippen LogP contribution < -0.4 is 15.8 Å². The number of nitrogens with one attached hydrogen (secondary N) is 1. The SMILES string of the molecule is Cc1ccc(N)cc1OC(C)C(=O)NC(C)C. The lowest BCUT2D eigenvalue weighted by atomic mass is 10.2. The molecule has 0 spiro atoms. The zero-order valence-electron chi connectivity index (χ0n) is 10.8. The van der Waals surface area contributed by atoms with Crippen molar-refractivity contribution < 1.29 is 9.53 Å². The Balaban J connectivity index is 2.70. The first-order chi connectivity index (χ1) is 7.90. The molecule has 94 valence electrons. The zero-order chi connectivity index (χ0) is 13.0. The number of carbonyl (C=O) groups is 1. The monoisotopic (exact) mass is 236 g/mol. The summed E-state index contributed by atoms with van der Waals surface area (Å²) in [5, 5.41) is 2.80. The molecule has 3 N–H and O–H groups in total. The van der Waals surface area contributed by atoms with Crippen LogP contribution in [0.15, 0.2) is 18.2 Å². The lowest BCUT2D eigenvalue weighted by Gasteiger charge is -2.17. The van der Waals surface area contributed by atoms with Crippen molar-refractivity contribution in [2.45, 2.75) is 39.8 Å². The Morgan fingerprint density at radius 2 is 2.00 bits per heavy atom. The van der Waals surface area contributed by atoms with Crippen molar-refractivity contribution in [1.29, 1.82) is 0 Å². The number of hydrogen-bond donors (Lipinski definition) is 2. The molecule has 1 aromatic carbocycles. The number of anilines is 1. The summed E-state index contributed by atoms with van der Waals surface area (Å²) < 4.78 is 5.60. The minimum Gasteiger partial charge on any atom is -0.481 e. The first-order valence-corrected chi connectivity index (χ1v) is 5.73. The van der Waals surface area contributed by atoms with Crippen LogP contribution in [0.25, 0.3) is 0 Å². The molecule has 0 saturated heterocycles. The highest BCUT2D eigenvalue weighted by Crippen LogP contribution is 2.21. The van der Waals surface area contributed by atoms with Gasteiger partial charge in [-0.15, -0.1) is 0 Å². The average molecular weight is 236 g/mol. The minimum absolute atomic E-state index is 0.107. The van der Waals surface area contributed by atoms with Crippen LogP contribution in [0, 0.1) is 6.92 Å². The second-order valence-electron chi connectivity index (χ2n) is 4.45. The van der Waals surface area contributed by atoms with Gasteiger partial charge in [0.25, 0.3) is 5.91 Å². The highest BCUT2D eigenvalue weighted by Gasteiger charge is 2.16. The van der Waals surface area contributed by atoms with Gasteiger partial charge in [-0.2, -0.15) is 0 Å². The van der Waals surface area contributed by atoms with E-state index in [-0.39, 0.29) is 11.9 Å². The number of benzene rings is 1. The van der Waals surface area contributed by atoms with E-state index in [0.717, 1.165) is 5.56 Å². The summed E-state index contributed by atoms with van der Waals surface area (Å²) in [5.41, 5.74) is 7.27. The number of ether oxygens (including phenoxy) is 1. The molecule has 0 aliphatic rings. The first-order valence-electron chi connectivity index (χ1n) is 5.73. The lowest BCUT2D eigenvalue weighted by molar-refractivity contribution is -0.127. The molecule has 1 amide bonds. The third-order valence-electron chi connectivity index (χ3n) is 2.32. The van der Waals surface area contributed by atoms with Crippen LogP contribution >= 0.6 is 0 Å². The number of nitrogen functional groups attached to an aromatic ring is 1. The number of carbonyl (C=O) groups excluding carboxylic acids is 1. The van der Waals surface area contributed by atoms with Crippen molar-refractivity contribution in [1.82, 2.24) is 5.32 Å². The fourth-order valence-electron chi connectivity index (χ4n) is 1.39. The van der Waals surface area contributed by atoms with E-state index in [4.69, 9.17) is 10.5 Å². The molecule has 1 aromatic rings. The van der Waals surface area contributed by atoms with Gasteiger partial charge in [-0.05, 0) is 39.3 Å². The van der Waals surface area contributed by atoms with Gasteiger partial charge in [-0.25, -0.2) is 0 Å². The van der Waals surface area contributed by atoms with E-state index in [0.29, 0.717) is 11.4 Å². The van der Waals surface area contributed by atoms with Gasteiger partial charge < -0.3 is 15.8 Å². The van der Waals surface area contributed by atoms with Crippen molar-refractivity contribution in [3.05, 3.63) is 23.8 Å². The molecule has 1 rings (SSSR count). The van der Waals surface area contributed by atoms with Crippen LogP contribution in [-0.2, 0) is 4.79 Å². The van der Waals surface area contributed by atoms with E-state index in [1.165, 1.54) is 0 Å². The van der Waals surface area contributed by atoms with Gasteiger partial charge in [0.1, 0.15) is 5.75 Å². The van der Waals surface area contributed by atoms with E-state index >= 15 is 0 Å². The molecule has 1 atom stereocenters. The van der Waals surface area contributed by atoms with Crippen molar-refractivity contribution in [3.8, 4) is 5.75 Å². The van der Waals surface area contributed by atoms with E-state index in [9.17, 15) is 4.79 Å². The predicted octanol–water partition coefficient (Wildman–Crippen LogP) is 1.87. The molecule has 0 radical (unpaired) electrons. The third kappa shape index (κ3) is 3.98. The maximum Gasteiger partial charge on any atom is 0.260 e. The lowest BCUT2D eigenvalue weighted by Crippen LogP contribution is -2.40. The van der Waals surface area contributed by atoms with Gasteiger partial charge in [0.15, 0.2) is 6.10 Å². The molecule has 0 saturated carbocycles. The van der Waals surface area contributed by atoms with Crippen molar-refractivity contribution >= 4 is 11.6 Å². The van der Waals surface area contributed by atoms with Gasteiger partial charge in [0.2, 0.25) is 0 Å². The predicted molar refractivity (Wildman–Crippen MR) is 69.0 cm³/mol. The molecular formula is C13H20N2O2. The Labute approximate surface area is 102 Å². The third-order valence-corrected chi connectivity index (χ3v) is 2.32. The number of rotatable bonds is 4. The van der Waals surface area contributed by atoms with E-state index < -0.39 is 6.10 Å². The Bertz CT molecular complexity index is 402. The van der Waals surface area contributed by atoms with Crippen LogP contribution in [-0.4, -0.2) is 18.1 Å². The largest absolute Gasteiger partial charge is 0.481 e. The number of amides is 1. The molecule has 4 heteroatoms. The smallest absolute Gasteiger partial charge is 0.260 e. The first kappa shape index (κ1) is 13.4. The van der Waals surface area contributed by atoms with E-state index in [1.54, 1.807) is 19.1 Å². The van der Waals surface area contributed by atoms with Crippen molar-refractivity contribution in [2.75, 3.05) is 5.73 Å². The van der Waals surface area contributed by atoms with Gasteiger partial charge in [0.05, 0.1) is 0 Å². The Morgan fingerprint density at radius 1 is 1.35 bits per heavy atom. The normalized spacial score (nSPS) is 12.3. The Morgan fingerprint density at radius 3 is 2.59 bits per heavy atom. The van der Waals surface area contributed by atoms with Crippen LogP contribution in [0.2, 0.25) is 0 Å². The minimum atomic E-state index is -0.530. The van der Waals surface area contributed by atoms with E-state index in [1.807, 2.05) is 26.8 Å². The summed E-state index contributed by atoms with van der Waals surface area (Å²) in [6, 6.07) is 5.52.